The van der Waals surface area contributed by atoms with E-state index in [1.807, 2.05) is 0 Å². The molecule has 98 valence electrons. The maximum atomic E-state index is 13.1. The summed E-state index contributed by atoms with van der Waals surface area (Å²) in [5, 5.41) is 0. The molecule has 0 amide bonds. The molecule has 3 rings (SSSR count). The van der Waals surface area contributed by atoms with E-state index in [1.54, 1.807) is 12.1 Å². The third-order valence-corrected chi connectivity index (χ3v) is 5.67. The second-order valence-corrected chi connectivity index (χ2v) is 6.52. The minimum absolute atomic E-state index is 0.167. The van der Waals surface area contributed by atoms with Crippen LogP contribution in [0.3, 0.4) is 0 Å². The first kappa shape index (κ1) is 11.9. The summed E-state index contributed by atoms with van der Waals surface area (Å²) in [6.07, 6.45) is 3.73. The van der Waals surface area contributed by atoms with E-state index >= 15 is 0 Å². The van der Waals surface area contributed by atoms with Gasteiger partial charge in [-0.3, -0.25) is 0 Å². The minimum atomic E-state index is -0.472. The number of hydrogen-bond donors (Lipinski definition) is 0. The summed E-state index contributed by atoms with van der Waals surface area (Å²) in [5.41, 5.74) is 0.497. The first-order valence-electron chi connectivity index (χ1n) is 6.73. The van der Waals surface area contributed by atoms with Crippen molar-refractivity contribution in [1.82, 2.24) is 4.98 Å². The van der Waals surface area contributed by atoms with Crippen LogP contribution in [0.1, 0.15) is 40.0 Å². The summed E-state index contributed by atoms with van der Waals surface area (Å²) >= 11 is 0. The summed E-state index contributed by atoms with van der Waals surface area (Å²) in [5.74, 6) is 0.672. The fraction of sp³-hybridized carbons (Fsp3) is 0.667. The van der Waals surface area contributed by atoms with Crippen molar-refractivity contribution in [3.8, 4) is 5.88 Å². The smallest absolute Gasteiger partial charge is 0.216 e. The molecule has 2 nitrogen and oxygen atoms in total. The van der Waals surface area contributed by atoms with Crippen LogP contribution in [0.5, 0.6) is 5.88 Å². The fourth-order valence-corrected chi connectivity index (χ4v) is 3.91. The highest BCUT2D eigenvalue weighted by atomic mass is 19.1. The van der Waals surface area contributed by atoms with Crippen LogP contribution < -0.4 is 4.74 Å². The fourth-order valence-electron chi connectivity index (χ4n) is 3.91. The maximum absolute atomic E-state index is 13.1. The molecule has 0 saturated heterocycles. The normalized spacial score (nSPS) is 36.9. The number of halogens is 1. The molecule has 0 spiro atoms. The molecule has 0 N–H and O–H groups in total. The number of nitrogens with zero attached hydrogens (tertiary/aromatic N) is 1. The zero-order chi connectivity index (χ0) is 13.0. The molecule has 1 heterocycles. The van der Waals surface area contributed by atoms with Gasteiger partial charge in [-0.15, -0.1) is 0 Å². The highest BCUT2D eigenvalue weighted by molar-refractivity contribution is 5.16. The molecule has 3 unspecified atom stereocenters. The monoisotopic (exact) mass is 249 g/mol. The van der Waals surface area contributed by atoms with Crippen LogP contribution >= 0.6 is 0 Å². The molecule has 0 aliphatic heterocycles. The highest BCUT2D eigenvalue weighted by Gasteiger charge is 2.62. The Hall–Kier alpha value is -1.12. The van der Waals surface area contributed by atoms with Gasteiger partial charge in [0.15, 0.2) is 0 Å². The standard InChI is InChI=1S/C15H20FNO/c1-14(2)10-7-8-15(14,3)11(9-10)18-13-6-4-5-12(16)17-13/h4-6,10-11H,7-9H2,1-3H3. The number of fused-ring (bicyclic) bond motifs is 2. The van der Waals surface area contributed by atoms with Gasteiger partial charge in [-0.05, 0) is 36.7 Å². The van der Waals surface area contributed by atoms with E-state index in [1.165, 1.54) is 18.9 Å². The molecule has 2 saturated carbocycles. The third-order valence-electron chi connectivity index (χ3n) is 5.67. The van der Waals surface area contributed by atoms with E-state index < -0.39 is 5.95 Å². The van der Waals surface area contributed by atoms with Gasteiger partial charge >= 0.3 is 0 Å². The average Bonchev–Trinajstić information content (AvgIpc) is 2.62. The second kappa shape index (κ2) is 3.69. The molecule has 2 aliphatic carbocycles. The Morgan fingerprint density at radius 1 is 1.33 bits per heavy atom. The Morgan fingerprint density at radius 3 is 2.67 bits per heavy atom. The van der Waals surface area contributed by atoms with E-state index in [-0.39, 0.29) is 11.5 Å². The van der Waals surface area contributed by atoms with Crippen LogP contribution in [0.15, 0.2) is 18.2 Å². The Bertz CT molecular complexity index is 473. The Kier molecular flexibility index (Phi) is 2.45. The number of aromatic nitrogens is 1. The van der Waals surface area contributed by atoms with E-state index in [9.17, 15) is 4.39 Å². The average molecular weight is 249 g/mol. The van der Waals surface area contributed by atoms with Crippen LogP contribution in [0.2, 0.25) is 0 Å². The molecule has 1 aromatic rings. The van der Waals surface area contributed by atoms with Gasteiger partial charge < -0.3 is 4.74 Å². The van der Waals surface area contributed by atoms with E-state index in [0.717, 1.165) is 12.3 Å². The van der Waals surface area contributed by atoms with Crippen LogP contribution in [-0.4, -0.2) is 11.1 Å². The van der Waals surface area contributed by atoms with Gasteiger partial charge in [0, 0.05) is 11.5 Å². The summed E-state index contributed by atoms with van der Waals surface area (Å²) < 4.78 is 19.1. The zero-order valence-corrected chi connectivity index (χ0v) is 11.2. The van der Waals surface area contributed by atoms with Crippen LogP contribution in [0.4, 0.5) is 4.39 Å². The van der Waals surface area contributed by atoms with Gasteiger partial charge in [0.25, 0.3) is 0 Å². The maximum Gasteiger partial charge on any atom is 0.216 e. The van der Waals surface area contributed by atoms with Gasteiger partial charge in [-0.1, -0.05) is 26.8 Å². The highest BCUT2D eigenvalue weighted by Crippen LogP contribution is 2.66. The third kappa shape index (κ3) is 1.49. The van der Waals surface area contributed by atoms with E-state index in [4.69, 9.17) is 4.74 Å². The molecule has 3 atom stereocenters. The molecule has 0 radical (unpaired) electrons. The van der Waals surface area contributed by atoms with Gasteiger partial charge in [0.1, 0.15) is 6.10 Å². The molecule has 1 aromatic heterocycles. The van der Waals surface area contributed by atoms with Crippen molar-refractivity contribution in [1.29, 1.82) is 0 Å². The topological polar surface area (TPSA) is 22.1 Å². The summed E-state index contributed by atoms with van der Waals surface area (Å²) in [4.78, 5) is 3.81. The van der Waals surface area contributed by atoms with Crippen molar-refractivity contribution in [2.75, 3.05) is 0 Å². The summed E-state index contributed by atoms with van der Waals surface area (Å²) in [7, 11) is 0. The zero-order valence-electron chi connectivity index (χ0n) is 11.2. The summed E-state index contributed by atoms with van der Waals surface area (Å²) in [6, 6.07) is 4.74. The summed E-state index contributed by atoms with van der Waals surface area (Å²) in [6.45, 7) is 6.99. The van der Waals surface area contributed by atoms with Crippen LogP contribution in [0.25, 0.3) is 0 Å². The van der Waals surface area contributed by atoms with Gasteiger partial charge in [-0.25, -0.2) is 0 Å². The van der Waals surface area contributed by atoms with Crippen molar-refractivity contribution >= 4 is 0 Å². The lowest BCUT2D eigenvalue weighted by molar-refractivity contribution is 0.0268. The van der Waals surface area contributed by atoms with Crippen LogP contribution in [-0.2, 0) is 0 Å². The van der Waals surface area contributed by atoms with Gasteiger partial charge in [0.05, 0.1) is 0 Å². The van der Waals surface area contributed by atoms with Crippen molar-refractivity contribution < 1.29 is 9.13 Å². The van der Waals surface area contributed by atoms with Gasteiger partial charge in [0.2, 0.25) is 11.8 Å². The Labute approximate surface area is 108 Å². The van der Waals surface area contributed by atoms with Crippen molar-refractivity contribution in [3.63, 3.8) is 0 Å². The SMILES string of the molecule is CC1(C)C2CCC1(C)C(Oc1cccc(F)n1)C2. The van der Waals surface area contributed by atoms with E-state index in [2.05, 4.69) is 25.8 Å². The predicted octanol–water partition coefficient (Wildman–Crippen LogP) is 3.81. The molecule has 18 heavy (non-hydrogen) atoms. The first-order chi connectivity index (χ1) is 8.43. The number of ether oxygens (including phenoxy) is 1. The first-order valence-corrected chi connectivity index (χ1v) is 6.73. The van der Waals surface area contributed by atoms with E-state index in [0.29, 0.717) is 11.3 Å². The lowest BCUT2D eigenvalue weighted by atomic mass is 9.70. The molecule has 2 aliphatic rings. The lowest BCUT2D eigenvalue weighted by Gasteiger charge is -2.38. The number of hydrogen-bond acceptors (Lipinski definition) is 2. The largest absolute Gasteiger partial charge is 0.474 e. The van der Waals surface area contributed by atoms with Gasteiger partial charge in [-0.2, -0.15) is 9.37 Å². The van der Waals surface area contributed by atoms with Crippen molar-refractivity contribution in [2.45, 2.75) is 46.1 Å². The Balaban J connectivity index is 1.84. The molecule has 0 aromatic carbocycles. The molecule has 2 bridgehead atoms. The minimum Gasteiger partial charge on any atom is -0.474 e. The molecular formula is C15H20FNO. The second-order valence-electron chi connectivity index (χ2n) is 6.52. The number of pyridine rings is 1. The van der Waals surface area contributed by atoms with Crippen LogP contribution in [0, 0.1) is 22.7 Å². The lowest BCUT2D eigenvalue weighted by Crippen LogP contribution is -2.39. The van der Waals surface area contributed by atoms with Crippen molar-refractivity contribution in [3.05, 3.63) is 24.1 Å². The quantitative estimate of drug-likeness (QED) is 0.743. The van der Waals surface area contributed by atoms with Crippen molar-refractivity contribution in [2.24, 2.45) is 16.7 Å². The predicted molar refractivity (Wildman–Crippen MR) is 67.8 cm³/mol. The molecule has 3 heteroatoms. The number of rotatable bonds is 2. The molecular weight excluding hydrogens is 229 g/mol. The molecule has 2 fully saturated rings. The Morgan fingerprint density at radius 2 is 2.11 bits per heavy atom.